The van der Waals surface area contributed by atoms with E-state index in [1.807, 2.05) is 6.26 Å². The van der Waals surface area contributed by atoms with Gasteiger partial charge in [0.2, 0.25) is 0 Å². The molecule has 2 amide bonds. The topological polar surface area (TPSA) is 87.3 Å². The zero-order valence-corrected chi connectivity index (χ0v) is 18.4. The minimum Gasteiger partial charge on any atom is -0.467 e. The summed E-state index contributed by atoms with van der Waals surface area (Å²) in [7, 11) is 1.31. The highest BCUT2D eigenvalue weighted by Gasteiger charge is 2.36. The van der Waals surface area contributed by atoms with Gasteiger partial charge in [0.1, 0.15) is 12.1 Å². The standard InChI is InChI=1S/C19H22Cl2N4O3S/c1-28-18(26)15(6-8-29-2)24-19(27)25-7-5-14-16(23-10-22-14)17(25)12-4-3-11(20)9-13(12)21/h3-4,9-10,15,17H,5-8H2,1-2H3,(H,22,23)(H,24,27)/t15-,17-/m0/s1. The van der Waals surface area contributed by atoms with Crippen molar-refractivity contribution in [3.8, 4) is 0 Å². The fourth-order valence-electron chi connectivity index (χ4n) is 3.39. The van der Waals surface area contributed by atoms with E-state index in [2.05, 4.69) is 15.3 Å². The number of amides is 2. The van der Waals surface area contributed by atoms with Crippen LogP contribution < -0.4 is 5.32 Å². The lowest BCUT2D eigenvalue weighted by atomic mass is 9.96. The Morgan fingerprint density at radius 1 is 1.45 bits per heavy atom. The van der Waals surface area contributed by atoms with E-state index in [9.17, 15) is 9.59 Å². The number of aromatic nitrogens is 2. The molecule has 0 unspecified atom stereocenters. The number of methoxy groups -OCH3 is 1. The van der Waals surface area contributed by atoms with E-state index in [0.717, 1.165) is 22.7 Å². The number of nitrogens with zero attached hydrogens (tertiary/aromatic N) is 2. The molecule has 2 heterocycles. The Morgan fingerprint density at radius 2 is 2.24 bits per heavy atom. The summed E-state index contributed by atoms with van der Waals surface area (Å²) >= 11 is 14.1. The Hall–Kier alpha value is -1.90. The van der Waals surface area contributed by atoms with E-state index in [1.165, 1.54) is 7.11 Å². The summed E-state index contributed by atoms with van der Waals surface area (Å²) in [5.41, 5.74) is 2.41. The van der Waals surface area contributed by atoms with Crippen molar-refractivity contribution in [3.05, 3.63) is 51.5 Å². The molecule has 2 atom stereocenters. The molecule has 0 radical (unpaired) electrons. The maximum atomic E-state index is 13.2. The molecule has 10 heteroatoms. The lowest BCUT2D eigenvalue weighted by molar-refractivity contribution is -0.142. The molecule has 3 rings (SSSR count). The molecule has 1 aromatic carbocycles. The quantitative estimate of drug-likeness (QED) is 0.647. The first-order chi connectivity index (χ1) is 14.0. The molecule has 1 aliphatic heterocycles. The third-order valence-corrected chi connectivity index (χ3v) is 6.04. The van der Waals surface area contributed by atoms with Crippen molar-refractivity contribution in [3.63, 3.8) is 0 Å². The Morgan fingerprint density at radius 3 is 2.93 bits per heavy atom. The van der Waals surface area contributed by atoms with E-state index in [-0.39, 0.29) is 6.03 Å². The lowest BCUT2D eigenvalue weighted by Gasteiger charge is -2.36. The molecule has 2 N–H and O–H groups in total. The van der Waals surface area contributed by atoms with Crippen molar-refractivity contribution in [1.82, 2.24) is 20.2 Å². The van der Waals surface area contributed by atoms with Crippen LogP contribution in [-0.2, 0) is 16.0 Å². The lowest BCUT2D eigenvalue weighted by Crippen LogP contribution is -2.51. The number of thioether (sulfide) groups is 1. The minimum absolute atomic E-state index is 0.369. The average molecular weight is 457 g/mol. The first-order valence-corrected chi connectivity index (χ1v) is 11.2. The van der Waals surface area contributed by atoms with Gasteiger partial charge in [0.25, 0.3) is 0 Å². The largest absolute Gasteiger partial charge is 0.467 e. The molecule has 1 aliphatic rings. The third-order valence-electron chi connectivity index (χ3n) is 4.84. The van der Waals surface area contributed by atoms with Crippen LogP contribution in [0.1, 0.15) is 29.4 Å². The van der Waals surface area contributed by atoms with Crippen molar-refractivity contribution in [1.29, 1.82) is 0 Å². The number of ether oxygens (including phenoxy) is 1. The fourth-order valence-corrected chi connectivity index (χ4v) is 4.38. The maximum Gasteiger partial charge on any atom is 0.328 e. The van der Waals surface area contributed by atoms with Crippen molar-refractivity contribution in [2.75, 3.05) is 25.7 Å². The summed E-state index contributed by atoms with van der Waals surface area (Å²) in [6, 6.07) is 3.59. The Bertz CT molecular complexity index is 892. The molecule has 0 fully saturated rings. The van der Waals surface area contributed by atoms with Crippen molar-refractivity contribution in [2.45, 2.75) is 24.9 Å². The second-order valence-electron chi connectivity index (χ2n) is 6.58. The number of hydrogen-bond acceptors (Lipinski definition) is 5. The molecule has 0 spiro atoms. The molecule has 156 valence electrons. The number of carbonyl (C=O) groups is 2. The molecule has 2 aromatic rings. The normalized spacial score (nSPS) is 16.8. The summed E-state index contributed by atoms with van der Waals surface area (Å²) < 4.78 is 4.85. The molecule has 1 aromatic heterocycles. The Labute approximate surface area is 183 Å². The van der Waals surface area contributed by atoms with Gasteiger partial charge in [-0.25, -0.2) is 14.6 Å². The van der Waals surface area contributed by atoms with Gasteiger partial charge in [0, 0.05) is 28.7 Å². The molecular formula is C19H22Cl2N4O3S. The number of nitrogens with one attached hydrogen (secondary N) is 2. The summed E-state index contributed by atoms with van der Waals surface area (Å²) in [4.78, 5) is 34.5. The van der Waals surface area contributed by atoms with Crippen LogP contribution >= 0.6 is 35.0 Å². The smallest absolute Gasteiger partial charge is 0.328 e. The molecule has 0 saturated heterocycles. The van der Waals surface area contributed by atoms with Gasteiger partial charge < -0.3 is 19.9 Å². The van der Waals surface area contributed by atoms with Gasteiger partial charge in [-0.1, -0.05) is 29.3 Å². The molecule has 29 heavy (non-hydrogen) atoms. The predicted octanol–water partition coefficient (Wildman–Crippen LogP) is 3.67. The van der Waals surface area contributed by atoms with E-state index < -0.39 is 18.1 Å². The number of rotatable bonds is 6. The van der Waals surface area contributed by atoms with E-state index in [4.69, 9.17) is 27.9 Å². The van der Waals surface area contributed by atoms with Crippen molar-refractivity contribution >= 4 is 47.0 Å². The van der Waals surface area contributed by atoms with Crippen LogP contribution in [0, 0.1) is 0 Å². The second-order valence-corrected chi connectivity index (χ2v) is 8.41. The number of imidazole rings is 1. The first-order valence-electron chi connectivity index (χ1n) is 9.07. The maximum absolute atomic E-state index is 13.2. The zero-order chi connectivity index (χ0) is 21.0. The van der Waals surface area contributed by atoms with Crippen LogP contribution in [0.4, 0.5) is 4.79 Å². The van der Waals surface area contributed by atoms with Gasteiger partial charge in [0.05, 0.1) is 19.1 Å². The third kappa shape index (κ3) is 4.82. The molecule has 7 nitrogen and oxygen atoms in total. The summed E-state index contributed by atoms with van der Waals surface area (Å²) in [5, 5.41) is 3.77. The summed E-state index contributed by atoms with van der Waals surface area (Å²) in [6.45, 7) is 0.446. The van der Waals surface area contributed by atoms with E-state index in [1.54, 1.807) is 41.2 Å². The first kappa shape index (κ1) is 21.8. The Balaban J connectivity index is 1.91. The number of carbonyl (C=O) groups excluding carboxylic acids is 2. The number of urea groups is 1. The van der Waals surface area contributed by atoms with Gasteiger partial charge in [-0.05, 0) is 36.1 Å². The van der Waals surface area contributed by atoms with Gasteiger partial charge >= 0.3 is 12.0 Å². The summed E-state index contributed by atoms with van der Waals surface area (Å²) in [6.07, 6.45) is 4.66. The molecule has 0 bridgehead atoms. The van der Waals surface area contributed by atoms with Gasteiger partial charge in [-0.3, -0.25) is 0 Å². The highest BCUT2D eigenvalue weighted by Crippen LogP contribution is 2.37. The number of fused-ring (bicyclic) bond motifs is 1. The zero-order valence-electron chi connectivity index (χ0n) is 16.1. The van der Waals surface area contributed by atoms with E-state index >= 15 is 0 Å². The van der Waals surface area contributed by atoms with Crippen LogP contribution in [0.3, 0.4) is 0 Å². The highest BCUT2D eigenvalue weighted by atomic mass is 35.5. The SMILES string of the molecule is COC(=O)[C@H](CCSC)NC(=O)N1CCc2[nH]cnc2[C@@H]1c1ccc(Cl)cc1Cl. The number of aromatic amines is 1. The summed E-state index contributed by atoms with van der Waals surface area (Å²) in [5.74, 6) is 0.252. The van der Waals surface area contributed by atoms with Crippen molar-refractivity contribution < 1.29 is 14.3 Å². The Kier molecular flexibility index (Phi) is 7.32. The second kappa shape index (κ2) is 9.73. The minimum atomic E-state index is -0.720. The number of halogens is 2. The monoisotopic (exact) mass is 456 g/mol. The van der Waals surface area contributed by atoms with Crippen LogP contribution in [-0.4, -0.2) is 58.6 Å². The molecule has 0 saturated carbocycles. The van der Waals surface area contributed by atoms with Crippen molar-refractivity contribution in [2.24, 2.45) is 0 Å². The number of hydrogen-bond donors (Lipinski definition) is 2. The van der Waals surface area contributed by atoms with Gasteiger partial charge in [0.15, 0.2) is 0 Å². The van der Waals surface area contributed by atoms with Gasteiger partial charge in [-0.15, -0.1) is 0 Å². The van der Waals surface area contributed by atoms with Crippen LogP contribution in [0.2, 0.25) is 10.0 Å². The average Bonchev–Trinajstić information content (AvgIpc) is 3.19. The number of H-pyrrole nitrogens is 1. The van der Waals surface area contributed by atoms with Crippen LogP contribution in [0.5, 0.6) is 0 Å². The molecular weight excluding hydrogens is 435 g/mol. The van der Waals surface area contributed by atoms with Crippen LogP contribution in [0.15, 0.2) is 24.5 Å². The number of esters is 1. The molecule has 0 aliphatic carbocycles. The predicted molar refractivity (Wildman–Crippen MR) is 115 cm³/mol. The van der Waals surface area contributed by atoms with E-state index in [0.29, 0.717) is 29.4 Å². The van der Waals surface area contributed by atoms with Gasteiger partial charge in [-0.2, -0.15) is 11.8 Å². The number of benzene rings is 1. The van der Waals surface area contributed by atoms with Crippen LogP contribution in [0.25, 0.3) is 0 Å². The highest BCUT2D eigenvalue weighted by molar-refractivity contribution is 7.98. The fraction of sp³-hybridized carbons (Fsp3) is 0.421.